The van der Waals surface area contributed by atoms with Crippen molar-refractivity contribution in [1.29, 1.82) is 0 Å². The normalized spacial score (nSPS) is 8.42. The van der Waals surface area contributed by atoms with Gasteiger partial charge in [-0.15, -0.1) is 11.8 Å². The summed E-state index contributed by atoms with van der Waals surface area (Å²) in [5.74, 6) is 23.7. The molecule has 0 saturated heterocycles. The SMILES string of the molecule is CCCCCCCC#CCC#CCC#CCC#CCCC(=O)CO. The van der Waals surface area contributed by atoms with Gasteiger partial charge in [-0.2, -0.15) is 0 Å². The van der Waals surface area contributed by atoms with Gasteiger partial charge in [0.25, 0.3) is 0 Å². The van der Waals surface area contributed by atoms with E-state index >= 15 is 0 Å². The van der Waals surface area contributed by atoms with Crippen LogP contribution in [0.5, 0.6) is 0 Å². The van der Waals surface area contributed by atoms with Crippen LogP contribution in [0.15, 0.2) is 0 Å². The minimum absolute atomic E-state index is 0.176. The third-order valence-corrected chi connectivity index (χ3v) is 3.14. The van der Waals surface area contributed by atoms with Gasteiger partial charge in [-0.05, 0) is 6.42 Å². The lowest BCUT2D eigenvalue weighted by molar-refractivity contribution is -0.121. The molecule has 0 aromatic rings. The van der Waals surface area contributed by atoms with Crippen molar-refractivity contribution in [1.82, 2.24) is 0 Å². The van der Waals surface area contributed by atoms with Gasteiger partial charge in [0.2, 0.25) is 0 Å². The Morgan fingerprint density at radius 1 is 0.708 bits per heavy atom. The van der Waals surface area contributed by atoms with Crippen molar-refractivity contribution in [3.05, 3.63) is 0 Å². The van der Waals surface area contributed by atoms with Gasteiger partial charge in [0.1, 0.15) is 6.61 Å². The van der Waals surface area contributed by atoms with Crippen LogP contribution >= 0.6 is 0 Å². The van der Waals surface area contributed by atoms with E-state index in [1.807, 2.05) is 0 Å². The van der Waals surface area contributed by atoms with Crippen molar-refractivity contribution in [3.8, 4) is 47.4 Å². The molecule has 0 aliphatic heterocycles. The molecule has 2 heteroatoms. The molecule has 0 aromatic heterocycles. The second-order valence-corrected chi connectivity index (χ2v) is 5.31. The number of aliphatic hydroxyl groups excluding tert-OH is 1. The summed E-state index contributed by atoms with van der Waals surface area (Å²) in [7, 11) is 0. The first kappa shape index (κ1) is 21.9. The highest BCUT2D eigenvalue weighted by Gasteiger charge is 1.94. The number of ketones is 1. The maximum absolute atomic E-state index is 10.8. The number of aliphatic hydroxyl groups is 1. The molecular weight excluding hydrogens is 296 g/mol. The first-order valence-electron chi connectivity index (χ1n) is 8.76. The van der Waals surface area contributed by atoms with Gasteiger partial charge in [-0.1, -0.05) is 68.1 Å². The smallest absolute Gasteiger partial charge is 0.159 e. The topological polar surface area (TPSA) is 37.3 Å². The van der Waals surface area contributed by atoms with Crippen LogP contribution in [0.4, 0.5) is 0 Å². The first-order chi connectivity index (χ1) is 11.8. The van der Waals surface area contributed by atoms with E-state index in [1.165, 1.54) is 32.1 Å². The van der Waals surface area contributed by atoms with Gasteiger partial charge in [-0.25, -0.2) is 0 Å². The first-order valence-corrected chi connectivity index (χ1v) is 8.76. The van der Waals surface area contributed by atoms with Crippen LogP contribution < -0.4 is 0 Å². The van der Waals surface area contributed by atoms with Crippen molar-refractivity contribution in [2.75, 3.05) is 6.61 Å². The van der Waals surface area contributed by atoms with E-state index < -0.39 is 6.61 Å². The average molecular weight is 324 g/mol. The van der Waals surface area contributed by atoms with Gasteiger partial charge in [0, 0.05) is 19.3 Å². The fourth-order valence-corrected chi connectivity index (χ4v) is 1.78. The van der Waals surface area contributed by atoms with Crippen LogP contribution in [0.25, 0.3) is 0 Å². The standard InChI is InChI=1S/C22H28O2/c1-2-3-4-5-6-7-8-9-10-11-12-13-14-15-16-17-18-19-20-22(24)21-23/h23H,2-7,10,13,16,19-21H2,1H3. The zero-order chi connectivity index (χ0) is 17.7. The number of Topliss-reactive ketones (excluding diaryl/α,β-unsaturated/α-hetero) is 1. The van der Waals surface area contributed by atoms with Gasteiger partial charge in [0.05, 0.1) is 19.3 Å². The van der Waals surface area contributed by atoms with E-state index in [9.17, 15) is 4.79 Å². The Hall–Kier alpha value is -2.13. The maximum Gasteiger partial charge on any atom is 0.159 e. The summed E-state index contributed by atoms with van der Waals surface area (Å²) >= 11 is 0. The van der Waals surface area contributed by atoms with E-state index in [1.54, 1.807) is 0 Å². The van der Waals surface area contributed by atoms with Crippen LogP contribution in [-0.2, 0) is 4.79 Å². The van der Waals surface area contributed by atoms with Crippen LogP contribution in [0.1, 0.15) is 77.6 Å². The van der Waals surface area contributed by atoms with Gasteiger partial charge >= 0.3 is 0 Å². The molecule has 0 saturated carbocycles. The van der Waals surface area contributed by atoms with Crippen molar-refractivity contribution in [3.63, 3.8) is 0 Å². The van der Waals surface area contributed by atoms with Crippen molar-refractivity contribution in [2.45, 2.75) is 77.6 Å². The fourth-order valence-electron chi connectivity index (χ4n) is 1.78. The molecule has 0 atom stereocenters. The number of carbonyl (C=O) groups excluding carboxylic acids is 1. The second-order valence-electron chi connectivity index (χ2n) is 5.31. The van der Waals surface area contributed by atoms with Gasteiger partial charge in [0.15, 0.2) is 5.78 Å². The Balaban J connectivity index is 3.58. The number of hydrogen-bond donors (Lipinski definition) is 1. The third-order valence-electron chi connectivity index (χ3n) is 3.14. The summed E-state index contributed by atoms with van der Waals surface area (Å²) in [4.78, 5) is 10.8. The number of rotatable bonds is 8. The van der Waals surface area contributed by atoms with Gasteiger partial charge < -0.3 is 5.11 Å². The summed E-state index contributed by atoms with van der Waals surface area (Å²) in [6.45, 7) is 1.82. The molecule has 0 unspecified atom stereocenters. The molecule has 0 amide bonds. The van der Waals surface area contributed by atoms with Crippen LogP contribution in [0.3, 0.4) is 0 Å². The molecule has 0 aliphatic rings. The summed E-state index contributed by atoms with van der Waals surface area (Å²) in [5.41, 5.74) is 0. The van der Waals surface area contributed by atoms with Crippen molar-refractivity contribution < 1.29 is 9.90 Å². The van der Waals surface area contributed by atoms with E-state index in [0.717, 1.165) is 6.42 Å². The monoisotopic (exact) mass is 324 g/mol. The Bertz CT molecular complexity index is 570. The fraction of sp³-hybridized carbons (Fsp3) is 0.591. The summed E-state index contributed by atoms with van der Waals surface area (Å²) < 4.78 is 0. The van der Waals surface area contributed by atoms with Crippen LogP contribution in [0, 0.1) is 47.4 Å². The third kappa shape index (κ3) is 17.9. The van der Waals surface area contributed by atoms with E-state index in [4.69, 9.17) is 5.11 Å². The molecule has 1 N–H and O–H groups in total. The van der Waals surface area contributed by atoms with E-state index in [2.05, 4.69) is 54.3 Å². The number of hydrogen-bond acceptors (Lipinski definition) is 2. The molecule has 0 rings (SSSR count). The Labute approximate surface area is 147 Å². The molecule has 24 heavy (non-hydrogen) atoms. The number of unbranched alkanes of at least 4 members (excludes halogenated alkanes) is 5. The van der Waals surface area contributed by atoms with Crippen molar-refractivity contribution in [2.24, 2.45) is 0 Å². The average Bonchev–Trinajstić information content (AvgIpc) is 2.60. The summed E-state index contributed by atoms with van der Waals surface area (Å²) in [5, 5.41) is 8.54. The highest BCUT2D eigenvalue weighted by atomic mass is 16.3. The van der Waals surface area contributed by atoms with Crippen molar-refractivity contribution >= 4 is 5.78 Å². The summed E-state index contributed by atoms with van der Waals surface area (Å²) in [6.07, 6.45) is 9.84. The zero-order valence-corrected chi connectivity index (χ0v) is 14.8. The Kier molecular flexibility index (Phi) is 17.2. The summed E-state index contributed by atoms with van der Waals surface area (Å²) in [6, 6.07) is 0. The van der Waals surface area contributed by atoms with Crippen LogP contribution in [0.2, 0.25) is 0 Å². The minimum Gasteiger partial charge on any atom is -0.389 e. The van der Waals surface area contributed by atoms with E-state index in [-0.39, 0.29) is 5.78 Å². The lowest BCUT2D eigenvalue weighted by Crippen LogP contribution is -2.01. The molecule has 0 heterocycles. The highest BCUT2D eigenvalue weighted by Crippen LogP contribution is 2.03. The number of carbonyl (C=O) groups is 1. The molecule has 0 bridgehead atoms. The molecular formula is C22H28O2. The lowest BCUT2D eigenvalue weighted by atomic mass is 10.1. The largest absolute Gasteiger partial charge is 0.389 e. The quantitative estimate of drug-likeness (QED) is 0.543. The highest BCUT2D eigenvalue weighted by molar-refractivity contribution is 5.79. The molecule has 0 aliphatic carbocycles. The second kappa shape index (κ2) is 18.9. The lowest BCUT2D eigenvalue weighted by Gasteiger charge is -1.94. The zero-order valence-electron chi connectivity index (χ0n) is 14.8. The van der Waals surface area contributed by atoms with Crippen LogP contribution in [-0.4, -0.2) is 17.5 Å². The molecule has 0 aromatic carbocycles. The maximum atomic E-state index is 10.8. The molecule has 2 nitrogen and oxygen atoms in total. The Morgan fingerprint density at radius 2 is 1.21 bits per heavy atom. The molecule has 0 radical (unpaired) electrons. The minimum atomic E-state index is -0.399. The predicted octanol–water partition coefficient (Wildman–Crippen LogP) is 3.87. The molecule has 0 spiro atoms. The van der Waals surface area contributed by atoms with E-state index in [0.29, 0.717) is 32.1 Å². The Morgan fingerprint density at radius 3 is 1.75 bits per heavy atom. The molecule has 128 valence electrons. The predicted molar refractivity (Wildman–Crippen MR) is 99.7 cm³/mol. The van der Waals surface area contributed by atoms with Gasteiger partial charge in [-0.3, -0.25) is 4.79 Å². The molecule has 0 fully saturated rings.